The Morgan fingerprint density at radius 2 is 2.08 bits per heavy atom. The third-order valence-electron chi connectivity index (χ3n) is 1.81. The minimum absolute atomic E-state index is 0.740. The van der Waals surface area contributed by atoms with Crippen molar-refractivity contribution in [2.75, 3.05) is 0 Å². The monoisotopic (exact) mass is 196 g/mol. The number of benzene rings is 1. The summed E-state index contributed by atoms with van der Waals surface area (Å²) in [6.45, 7) is 2.03. The molecule has 62 valence electrons. The maximum atomic E-state index is 5.09. The number of aromatic amines is 2. The fourth-order valence-electron chi connectivity index (χ4n) is 1.26. The molecule has 0 atom stereocenters. The standard InChI is InChI=1S/C8H8N2S2/c1-4-2-5-7(6(11)3-4)9-10-8(5)12/h2-3,11H,1H3,(H2,9,10,12). The van der Waals surface area contributed by atoms with Gasteiger partial charge in [0.25, 0.3) is 0 Å². The van der Waals surface area contributed by atoms with Crippen molar-refractivity contribution in [1.82, 2.24) is 10.2 Å². The lowest BCUT2D eigenvalue weighted by atomic mass is 10.2. The van der Waals surface area contributed by atoms with Crippen LogP contribution in [0.25, 0.3) is 10.9 Å². The van der Waals surface area contributed by atoms with Gasteiger partial charge in [-0.15, -0.1) is 12.6 Å². The van der Waals surface area contributed by atoms with Gasteiger partial charge in [0.05, 0.1) is 5.52 Å². The van der Waals surface area contributed by atoms with Crippen molar-refractivity contribution >= 4 is 35.7 Å². The van der Waals surface area contributed by atoms with Gasteiger partial charge < -0.3 is 0 Å². The van der Waals surface area contributed by atoms with Crippen molar-refractivity contribution in [2.24, 2.45) is 0 Å². The normalized spacial score (nSPS) is 10.8. The molecule has 0 unspecified atom stereocenters. The third kappa shape index (κ3) is 1.07. The first kappa shape index (κ1) is 7.89. The van der Waals surface area contributed by atoms with E-state index < -0.39 is 0 Å². The number of hydrogen-bond acceptors (Lipinski definition) is 2. The van der Waals surface area contributed by atoms with E-state index in [9.17, 15) is 0 Å². The Balaban J connectivity index is 3.02. The van der Waals surface area contributed by atoms with Gasteiger partial charge in [0.15, 0.2) is 0 Å². The van der Waals surface area contributed by atoms with Gasteiger partial charge in [-0.2, -0.15) is 0 Å². The molecule has 0 amide bonds. The summed E-state index contributed by atoms with van der Waals surface area (Å²) in [5.41, 5.74) is 2.15. The van der Waals surface area contributed by atoms with Crippen LogP contribution in [0.4, 0.5) is 0 Å². The van der Waals surface area contributed by atoms with Crippen LogP contribution in [0.15, 0.2) is 17.0 Å². The third-order valence-corrected chi connectivity index (χ3v) is 2.48. The number of aromatic nitrogens is 2. The molecule has 1 heterocycles. The Bertz CT molecular complexity index is 481. The molecular formula is C8H8N2S2. The molecule has 1 aromatic heterocycles. The van der Waals surface area contributed by atoms with Crippen LogP contribution in [0.2, 0.25) is 0 Å². The lowest BCUT2D eigenvalue weighted by molar-refractivity contribution is 1.10. The zero-order valence-electron chi connectivity index (χ0n) is 6.51. The first-order chi connectivity index (χ1) is 5.68. The van der Waals surface area contributed by atoms with E-state index in [0.717, 1.165) is 20.4 Å². The first-order valence-corrected chi connectivity index (χ1v) is 4.44. The summed E-state index contributed by atoms with van der Waals surface area (Å²) in [4.78, 5) is 0.928. The van der Waals surface area contributed by atoms with Crippen molar-refractivity contribution in [3.05, 3.63) is 22.3 Å². The first-order valence-electron chi connectivity index (χ1n) is 3.58. The highest BCUT2D eigenvalue weighted by atomic mass is 32.1. The maximum Gasteiger partial charge on any atom is 0.127 e. The second-order valence-electron chi connectivity index (χ2n) is 2.79. The topological polar surface area (TPSA) is 31.6 Å². The van der Waals surface area contributed by atoms with E-state index in [0.29, 0.717) is 0 Å². The predicted molar refractivity (Wildman–Crippen MR) is 55.5 cm³/mol. The van der Waals surface area contributed by atoms with Gasteiger partial charge in [-0.1, -0.05) is 12.2 Å². The van der Waals surface area contributed by atoms with Crippen LogP contribution in [0, 0.1) is 11.6 Å². The quantitative estimate of drug-likeness (QED) is 0.439. The molecule has 0 saturated carbocycles. The molecule has 0 aliphatic heterocycles. The second-order valence-corrected chi connectivity index (χ2v) is 3.68. The molecule has 2 N–H and O–H groups in total. The van der Waals surface area contributed by atoms with Crippen LogP contribution in [-0.2, 0) is 0 Å². The molecule has 0 radical (unpaired) electrons. The van der Waals surface area contributed by atoms with Crippen molar-refractivity contribution in [3.8, 4) is 0 Å². The summed E-state index contributed by atoms with van der Waals surface area (Å²) in [6.07, 6.45) is 0. The Kier molecular flexibility index (Phi) is 1.73. The molecule has 0 aliphatic carbocycles. The van der Waals surface area contributed by atoms with E-state index in [-0.39, 0.29) is 0 Å². The molecule has 12 heavy (non-hydrogen) atoms. The smallest absolute Gasteiger partial charge is 0.127 e. The average molecular weight is 196 g/mol. The zero-order valence-corrected chi connectivity index (χ0v) is 8.22. The summed E-state index contributed by atoms with van der Waals surface area (Å²) in [7, 11) is 0. The van der Waals surface area contributed by atoms with Crippen LogP contribution < -0.4 is 0 Å². The fourth-order valence-corrected chi connectivity index (χ4v) is 1.86. The van der Waals surface area contributed by atoms with E-state index in [4.69, 9.17) is 12.2 Å². The summed E-state index contributed by atoms with van der Waals surface area (Å²) in [5.74, 6) is 0. The number of fused-ring (bicyclic) bond motifs is 1. The van der Waals surface area contributed by atoms with Gasteiger partial charge in [-0.25, -0.2) is 0 Å². The Morgan fingerprint density at radius 1 is 1.33 bits per heavy atom. The molecule has 4 heteroatoms. The van der Waals surface area contributed by atoms with Crippen molar-refractivity contribution < 1.29 is 0 Å². The Morgan fingerprint density at radius 3 is 2.83 bits per heavy atom. The largest absolute Gasteiger partial charge is 0.298 e. The number of rotatable bonds is 0. The number of H-pyrrole nitrogens is 2. The molecule has 2 rings (SSSR count). The van der Waals surface area contributed by atoms with Gasteiger partial charge in [0.1, 0.15) is 4.64 Å². The van der Waals surface area contributed by atoms with Gasteiger partial charge in [0, 0.05) is 10.3 Å². The number of aryl methyl sites for hydroxylation is 1. The molecule has 1 aromatic carbocycles. The van der Waals surface area contributed by atoms with Crippen LogP contribution >= 0.6 is 24.8 Å². The van der Waals surface area contributed by atoms with E-state index in [1.165, 1.54) is 5.56 Å². The van der Waals surface area contributed by atoms with Crippen LogP contribution in [0.3, 0.4) is 0 Å². The highest BCUT2D eigenvalue weighted by molar-refractivity contribution is 7.80. The molecule has 0 aliphatic rings. The Hall–Kier alpha value is -0.740. The van der Waals surface area contributed by atoms with E-state index >= 15 is 0 Å². The number of nitrogens with one attached hydrogen (secondary N) is 2. The fraction of sp³-hybridized carbons (Fsp3) is 0.125. The van der Waals surface area contributed by atoms with Gasteiger partial charge in [-0.05, 0) is 24.6 Å². The number of thiol groups is 1. The van der Waals surface area contributed by atoms with E-state index in [1.807, 2.05) is 19.1 Å². The van der Waals surface area contributed by atoms with Gasteiger partial charge >= 0.3 is 0 Å². The van der Waals surface area contributed by atoms with Crippen molar-refractivity contribution in [2.45, 2.75) is 11.8 Å². The van der Waals surface area contributed by atoms with E-state index in [1.54, 1.807) is 0 Å². The lowest BCUT2D eigenvalue weighted by Crippen LogP contribution is -1.75. The van der Waals surface area contributed by atoms with E-state index in [2.05, 4.69) is 22.8 Å². The van der Waals surface area contributed by atoms with Crippen LogP contribution in [-0.4, -0.2) is 10.2 Å². The molecule has 0 saturated heterocycles. The molecular weight excluding hydrogens is 188 g/mol. The average Bonchev–Trinajstić information content (AvgIpc) is 2.33. The molecule has 2 aromatic rings. The lowest BCUT2D eigenvalue weighted by Gasteiger charge is -1.95. The van der Waals surface area contributed by atoms with Crippen LogP contribution in [0.1, 0.15) is 5.56 Å². The van der Waals surface area contributed by atoms with Gasteiger partial charge in [-0.3, -0.25) is 10.2 Å². The van der Waals surface area contributed by atoms with Gasteiger partial charge in [0.2, 0.25) is 0 Å². The highest BCUT2D eigenvalue weighted by Gasteiger charge is 2.01. The molecule has 0 spiro atoms. The SMILES string of the molecule is Cc1cc(S)c2[nH][nH]c(=S)c2c1. The molecule has 0 fully saturated rings. The summed E-state index contributed by atoms with van der Waals surface area (Å²) >= 11 is 9.42. The molecule has 0 bridgehead atoms. The zero-order chi connectivity index (χ0) is 8.72. The highest BCUT2D eigenvalue weighted by Crippen LogP contribution is 2.22. The summed E-state index contributed by atoms with van der Waals surface area (Å²) < 4.78 is 0.740. The van der Waals surface area contributed by atoms with Crippen LogP contribution in [0.5, 0.6) is 0 Å². The van der Waals surface area contributed by atoms with Crippen molar-refractivity contribution in [1.29, 1.82) is 0 Å². The maximum absolute atomic E-state index is 5.09. The second kappa shape index (κ2) is 2.64. The Labute approximate surface area is 80.4 Å². The minimum Gasteiger partial charge on any atom is -0.298 e. The van der Waals surface area contributed by atoms with Crippen molar-refractivity contribution in [3.63, 3.8) is 0 Å². The predicted octanol–water partition coefficient (Wildman–Crippen LogP) is 2.82. The molecule has 2 nitrogen and oxygen atoms in total. The number of hydrogen-bond donors (Lipinski definition) is 3. The summed E-state index contributed by atoms with van der Waals surface area (Å²) in [5, 5.41) is 6.90. The minimum atomic E-state index is 0.740. The summed E-state index contributed by atoms with van der Waals surface area (Å²) in [6, 6.07) is 4.05.